The quantitative estimate of drug-likeness (QED) is 0.499. The number of nitrogens with two attached hydrogens (primary N) is 1. The minimum absolute atomic E-state index is 0.374. The molecule has 2 heteroatoms. The third kappa shape index (κ3) is 0.413. The Morgan fingerprint density at radius 3 is 2.67 bits per heavy atom. The molecule has 1 saturated carbocycles. The van der Waals surface area contributed by atoms with Gasteiger partial charge in [0.1, 0.15) is 0 Å². The molecule has 5 atom stereocenters. The Morgan fingerprint density at radius 1 is 1.22 bits per heavy atom. The van der Waals surface area contributed by atoms with E-state index < -0.39 is 0 Å². The summed E-state index contributed by atoms with van der Waals surface area (Å²) in [6, 6.07) is 0.374. The molecule has 2 bridgehead atoms. The second-order valence-electron chi connectivity index (χ2n) is 3.60. The summed E-state index contributed by atoms with van der Waals surface area (Å²) in [6.07, 6.45) is 3.56. The number of fused-ring (bicyclic) bond motifs is 5. The molecule has 0 radical (unpaired) electrons. The van der Waals surface area contributed by atoms with Gasteiger partial charge in [0.2, 0.25) is 0 Å². The highest BCUT2D eigenvalue weighted by Crippen LogP contribution is 2.58. The summed E-state index contributed by atoms with van der Waals surface area (Å²) in [6.45, 7) is 0. The van der Waals surface area contributed by atoms with Crippen LogP contribution in [0.1, 0.15) is 12.8 Å². The highest BCUT2D eigenvalue weighted by molar-refractivity contribution is 5.11. The Balaban J connectivity index is 1.96. The summed E-state index contributed by atoms with van der Waals surface area (Å²) in [4.78, 5) is 0. The minimum atomic E-state index is 0.374. The number of hydrogen-bond donors (Lipinski definition) is 1. The van der Waals surface area contributed by atoms with Crippen molar-refractivity contribution in [3.63, 3.8) is 0 Å². The van der Waals surface area contributed by atoms with Crippen molar-refractivity contribution in [1.82, 2.24) is 0 Å². The normalized spacial score (nSPS) is 68.3. The standard InChI is InChI=1S/C7H11NO/c8-5-2-6-3-1-4(3)7(5)9-6/h3-7H,1-2,8H2/t3-,4+,5-,6+,7+/m1/s1. The molecule has 3 aliphatic rings. The van der Waals surface area contributed by atoms with Crippen molar-refractivity contribution in [3.05, 3.63) is 0 Å². The maximum atomic E-state index is 5.81. The zero-order valence-corrected chi connectivity index (χ0v) is 5.29. The summed E-state index contributed by atoms with van der Waals surface area (Å²) in [7, 11) is 0. The molecule has 0 aromatic carbocycles. The van der Waals surface area contributed by atoms with Crippen molar-refractivity contribution in [2.45, 2.75) is 31.1 Å². The van der Waals surface area contributed by atoms with E-state index in [2.05, 4.69) is 0 Å². The van der Waals surface area contributed by atoms with Crippen LogP contribution in [0.15, 0.2) is 0 Å². The van der Waals surface area contributed by atoms with Crippen LogP contribution in [0.2, 0.25) is 0 Å². The average molecular weight is 125 g/mol. The molecule has 0 amide bonds. The molecule has 2 heterocycles. The third-order valence-electron chi connectivity index (χ3n) is 3.05. The SMILES string of the molecule is N[C@@H]1C[C@@H]2O[C@H]1[C@H]1C[C@H]12. The summed E-state index contributed by atoms with van der Waals surface area (Å²) >= 11 is 0. The molecule has 0 spiro atoms. The van der Waals surface area contributed by atoms with Crippen LogP contribution in [0.5, 0.6) is 0 Å². The predicted octanol–water partition coefficient (Wildman–Crippen LogP) is 0.121. The third-order valence-corrected chi connectivity index (χ3v) is 3.05. The van der Waals surface area contributed by atoms with Gasteiger partial charge in [-0.2, -0.15) is 0 Å². The van der Waals surface area contributed by atoms with Crippen molar-refractivity contribution < 1.29 is 4.74 Å². The first-order valence-corrected chi connectivity index (χ1v) is 3.77. The molecule has 1 aliphatic carbocycles. The molecule has 0 aromatic heterocycles. The molecule has 2 N–H and O–H groups in total. The van der Waals surface area contributed by atoms with Gasteiger partial charge in [0.15, 0.2) is 0 Å². The molecule has 9 heavy (non-hydrogen) atoms. The molecule has 2 aliphatic heterocycles. The van der Waals surface area contributed by atoms with E-state index in [0.29, 0.717) is 18.2 Å². The highest BCUT2D eigenvalue weighted by Gasteiger charge is 2.61. The highest BCUT2D eigenvalue weighted by atomic mass is 16.5. The first-order chi connectivity index (χ1) is 4.36. The van der Waals surface area contributed by atoms with Crippen molar-refractivity contribution in [3.8, 4) is 0 Å². The van der Waals surface area contributed by atoms with Crippen molar-refractivity contribution >= 4 is 0 Å². The van der Waals surface area contributed by atoms with Gasteiger partial charge in [-0.05, 0) is 24.7 Å². The lowest BCUT2D eigenvalue weighted by molar-refractivity contribution is 0.0690. The summed E-state index contributed by atoms with van der Waals surface area (Å²) < 4.78 is 5.62. The van der Waals surface area contributed by atoms with Crippen LogP contribution in [0.4, 0.5) is 0 Å². The fourth-order valence-electron chi connectivity index (χ4n) is 2.50. The van der Waals surface area contributed by atoms with Gasteiger partial charge in [-0.3, -0.25) is 0 Å². The molecule has 0 aromatic rings. The minimum Gasteiger partial charge on any atom is -0.373 e. The number of hydrogen-bond acceptors (Lipinski definition) is 2. The van der Waals surface area contributed by atoms with Gasteiger partial charge < -0.3 is 10.5 Å². The monoisotopic (exact) mass is 125 g/mol. The van der Waals surface area contributed by atoms with Crippen molar-refractivity contribution in [1.29, 1.82) is 0 Å². The first kappa shape index (κ1) is 4.69. The molecule has 2 nitrogen and oxygen atoms in total. The molecule has 3 fully saturated rings. The Bertz CT molecular complexity index is 155. The second-order valence-corrected chi connectivity index (χ2v) is 3.60. The van der Waals surface area contributed by atoms with E-state index in [4.69, 9.17) is 10.5 Å². The topological polar surface area (TPSA) is 35.2 Å². The molecular formula is C7H11NO. The van der Waals surface area contributed by atoms with Crippen LogP contribution in [-0.4, -0.2) is 18.2 Å². The Morgan fingerprint density at radius 2 is 2.11 bits per heavy atom. The largest absolute Gasteiger partial charge is 0.373 e. The van der Waals surface area contributed by atoms with Gasteiger partial charge in [-0.15, -0.1) is 0 Å². The maximum absolute atomic E-state index is 5.81. The number of ether oxygens (including phenoxy) is 1. The molecule has 50 valence electrons. The Hall–Kier alpha value is -0.0800. The van der Waals surface area contributed by atoms with Crippen LogP contribution < -0.4 is 5.73 Å². The average Bonchev–Trinajstić information content (AvgIpc) is 2.46. The molecule has 3 rings (SSSR count). The van der Waals surface area contributed by atoms with Gasteiger partial charge in [0.05, 0.1) is 12.2 Å². The maximum Gasteiger partial charge on any atom is 0.0762 e. The fraction of sp³-hybridized carbons (Fsp3) is 1.00. The van der Waals surface area contributed by atoms with E-state index in [1.165, 1.54) is 6.42 Å². The molecule has 0 unspecified atom stereocenters. The van der Waals surface area contributed by atoms with E-state index in [-0.39, 0.29) is 0 Å². The summed E-state index contributed by atoms with van der Waals surface area (Å²) in [5.41, 5.74) is 5.81. The van der Waals surface area contributed by atoms with E-state index in [9.17, 15) is 0 Å². The van der Waals surface area contributed by atoms with E-state index in [0.717, 1.165) is 18.3 Å². The lowest BCUT2D eigenvalue weighted by Gasteiger charge is -2.11. The van der Waals surface area contributed by atoms with Crippen molar-refractivity contribution in [2.24, 2.45) is 17.6 Å². The zero-order valence-electron chi connectivity index (χ0n) is 5.29. The van der Waals surface area contributed by atoms with Crippen LogP contribution in [0.25, 0.3) is 0 Å². The fourth-order valence-corrected chi connectivity index (χ4v) is 2.50. The summed E-state index contributed by atoms with van der Waals surface area (Å²) in [5, 5.41) is 0. The first-order valence-electron chi connectivity index (χ1n) is 3.77. The Labute approximate surface area is 54.4 Å². The van der Waals surface area contributed by atoms with Gasteiger partial charge >= 0.3 is 0 Å². The molecule has 2 saturated heterocycles. The van der Waals surface area contributed by atoms with E-state index >= 15 is 0 Å². The second kappa shape index (κ2) is 1.18. The van der Waals surface area contributed by atoms with Gasteiger partial charge in [0, 0.05) is 6.04 Å². The lowest BCUT2D eigenvalue weighted by Crippen LogP contribution is -2.32. The van der Waals surface area contributed by atoms with Crippen LogP contribution in [0, 0.1) is 11.8 Å². The van der Waals surface area contributed by atoms with Gasteiger partial charge in [0.25, 0.3) is 0 Å². The van der Waals surface area contributed by atoms with E-state index in [1.54, 1.807) is 0 Å². The smallest absolute Gasteiger partial charge is 0.0762 e. The summed E-state index contributed by atoms with van der Waals surface area (Å²) in [5.74, 6) is 1.80. The molecular weight excluding hydrogens is 114 g/mol. The van der Waals surface area contributed by atoms with Crippen molar-refractivity contribution in [2.75, 3.05) is 0 Å². The van der Waals surface area contributed by atoms with Gasteiger partial charge in [-0.1, -0.05) is 0 Å². The van der Waals surface area contributed by atoms with Crippen LogP contribution in [-0.2, 0) is 4.74 Å². The zero-order chi connectivity index (χ0) is 6.01. The van der Waals surface area contributed by atoms with Crippen LogP contribution >= 0.6 is 0 Å². The lowest BCUT2D eigenvalue weighted by atomic mass is 9.97. The van der Waals surface area contributed by atoms with Crippen LogP contribution in [0.3, 0.4) is 0 Å². The van der Waals surface area contributed by atoms with Gasteiger partial charge in [-0.25, -0.2) is 0 Å². The Kier molecular flexibility index (Phi) is 0.616. The predicted molar refractivity (Wildman–Crippen MR) is 32.9 cm³/mol. The van der Waals surface area contributed by atoms with E-state index in [1.807, 2.05) is 0 Å². The number of rotatable bonds is 0.